The molecule has 2 aromatic rings. The fourth-order valence-corrected chi connectivity index (χ4v) is 3.37. The number of sulfonamides is 1. The highest BCUT2D eigenvalue weighted by molar-refractivity contribution is 7.90. The maximum Gasteiger partial charge on any atom is 0.328 e. The monoisotopic (exact) mass is 405 g/mol. The Labute approximate surface area is 163 Å². The molecule has 0 aliphatic carbocycles. The Morgan fingerprint density at radius 3 is 2.54 bits per heavy atom. The molecule has 148 valence electrons. The summed E-state index contributed by atoms with van der Waals surface area (Å²) in [4.78, 5) is 11.5. The SMILES string of the molecule is CCCCCNC(=O)NS(=O)(=O)c1cc(C#N)ccc1Oc1ccc(F)cc1. The topological polar surface area (TPSA) is 108 Å². The fourth-order valence-electron chi connectivity index (χ4n) is 2.29. The molecule has 2 amide bonds. The Balaban J connectivity index is 2.24. The van der Waals surface area contributed by atoms with Crippen LogP contribution in [0, 0.1) is 17.1 Å². The summed E-state index contributed by atoms with van der Waals surface area (Å²) in [7, 11) is -4.31. The molecular weight excluding hydrogens is 385 g/mol. The van der Waals surface area contributed by atoms with E-state index in [1.165, 1.54) is 24.3 Å². The fraction of sp³-hybridized carbons (Fsp3) is 0.263. The summed E-state index contributed by atoms with van der Waals surface area (Å²) in [5.41, 5.74) is 0.0789. The van der Waals surface area contributed by atoms with Crippen LogP contribution in [0.3, 0.4) is 0 Å². The van der Waals surface area contributed by atoms with Crippen LogP contribution in [-0.4, -0.2) is 21.0 Å². The number of hydrogen-bond acceptors (Lipinski definition) is 5. The van der Waals surface area contributed by atoms with E-state index in [2.05, 4.69) is 5.32 Å². The van der Waals surface area contributed by atoms with Crippen LogP contribution in [0.2, 0.25) is 0 Å². The molecule has 0 aliphatic rings. The third-order valence-electron chi connectivity index (χ3n) is 3.70. The minimum Gasteiger partial charge on any atom is -0.456 e. The molecule has 0 saturated heterocycles. The molecule has 2 aromatic carbocycles. The number of unbranched alkanes of at least 4 members (excludes halogenated alkanes) is 2. The molecular formula is C19H20FN3O4S. The highest BCUT2D eigenvalue weighted by atomic mass is 32.2. The Hall–Kier alpha value is -3.12. The van der Waals surface area contributed by atoms with Crippen molar-refractivity contribution < 1.29 is 22.3 Å². The Morgan fingerprint density at radius 1 is 1.18 bits per heavy atom. The summed E-state index contributed by atoms with van der Waals surface area (Å²) in [6.07, 6.45) is 2.60. The number of hydrogen-bond donors (Lipinski definition) is 2. The van der Waals surface area contributed by atoms with E-state index in [9.17, 15) is 17.6 Å². The maximum atomic E-state index is 13.0. The number of rotatable bonds is 8. The first-order chi connectivity index (χ1) is 13.4. The van der Waals surface area contributed by atoms with Crippen LogP contribution >= 0.6 is 0 Å². The van der Waals surface area contributed by atoms with Gasteiger partial charge >= 0.3 is 6.03 Å². The van der Waals surface area contributed by atoms with Gasteiger partial charge in [-0.05, 0) is 48.9 Å². The number of nitrogens with zero attached hydrogens (tertiary/aromatic N) is 1. The number of amides is 2. The smallest absolute Gasteiger partial charge is 0.328 e. The van der Waals surface area contributed by atoms with Crippen LogP contribution in [0.1, 0.15) is 31.7 Å². The van der Waals surface area contributed by atoms with Gasteiger partial charge in [0.15, 0.2) is 0 Å². The number of carbonyl (C=O) groups excluding carboxylic acids is 1. The molecule has 0 aliphatic heterocycles. The summed E-state index contributed by atoms with van der Waals surface area (Å²) in [6, 6.07) is 9.74. The van der Waals surface area contributed by atoms with Crippen LogP contribution in [0.5, 0.6) is 11.5 Å². The number of carbonyl (C=O) groups is 1. The van der Waals surface area contributed by atoms with Crippen molar-refractivity contribution in [2.75, 3.05) is 6.54 Å². The molecule has 0 radical (unpaired) electrons. The van der Waals surface area contributed by atoms with Crippen molar-refractivity contribution in [1.82, 2.24) is 10.0 Å². The summed E-state index contributed by atoms with van der Waals surface area (Å²) in [5, 5.41) is 11.5. The lowest BCUT2D eigenvalue weighted by Crippen LogP contribution is -2.39. The summed E-state index contributed by atoms with van der Waals surface area (Å²) >= 11 is 0. The predicted molar refractivity (Wildman–Crippen MR) is 101 cm³/mol. The van der Waals surface area contributed by atoms with E-state index in [4.69, 9.17) is 10.00 Å². The molecule has 9 heteroatoms. The van der Waals surface area contributed by atoms with Crippen molar-refractivity contribution in [3.8, 4) is 17.6 Å². The Kier molecular flexibility index (Phi) is 7.35. The summed E-state index contributed by atoms with van der Waals surface area (Å²) < 4.78 is 45.8. The van der Waals surface area contributed by atoms with E-state index in [0.717, 1.165) is 37.5 Å². The van der Waals surface area contributed by atoms with Crippen LogP contribution in [0.15, 0.2) is 47.4 Å². The lowest BCUT2D eigenvalue weighted by Gasteiger charge is -2.13. The highest BCUT2D eigenvalue weighted by Crippen LogP contribution is 2.29. The minimum atomic E-state index is -4.31. The molecule has 0 spiro atoms. The highest BCUT2D eigenvalue weighted by Gasteiger charge is 2.23. The second-order valence-electron chi connectivity index (χ2n) is 5.90. The standard InChI is InChI=1S/C19H20FN3O4S/c1-2-3-4-11-22-19(24)23-28(25,26)18-12-14(13-21)5-10-17(18)27-16-8-6-15(20)7-9-16/h5-10,12H,2-4,11H2,1H3,(H2,22,23,24). The van der Waals surface area contributed by atoms with Crippen molar-refractivity contribution in [2.24, 2.45) is 0 Å². The van der Waals surface area contributed by atoms with Crippen molar-refractivity contribution in [2.45, 2.75) is 31.1 Å². The zero-order valence-corrected chi connectivity index (χ0v) is 16.1. The molecule has 0 saturated carbocycles. The van der Waals surface area contributed by atoms with E-state index < -0.39 is 21.9 Å². The van der Waals surface area contributed by atoms with Crippen molar-refractivity contribution >= 4 is 16.1 Å². The van der Waals surface area contributed by atoms with Gasteiger partial charge in [-0.3, -0.25) is 0 Å². The average Bonchev–Trinajstić information content (AvgIpc) is 2.67. The maximum absolute atomic E-state index is 13.0. The van der Waals surface area contributed by atoms with Gasteiger partial charge in [0.1, 0.15) is 22.2 Å². The molecule has 0 atom stereocenters. The molecule has 0 aromatic heterocycles. The van der Waals surface area contributed by atoms with Crippen LogP contribution < -0.4 is 14.8 Å². The number of benzene rings is 2. The lowest BCUT2D eigenvalue weighted by molar-refractivity contribution is 0.245. The molecule has 2 rings (SSSR count). The minimum absolute atomic E-state index is 0.0789. The van der Waals surface area contributed by atoms with Crippen molar-refractivity contribution in [3.63, 3.8) is 0 Å². The molecule has 0 heterocycles. The summed E-state index contributed by atoms with van der Waals surface area (Å²) in [6.45, 7) is 2.35. The van der Waals surface area contributed by atoms with Gasteiger partial charge in [0.25, 0.3) is 10.0 Å². The van der Waals surface area contributed by atoms with Crippen molar-refractivity contribution in [3.05, 3.63) is 53.8 Å². The Morgan fingerprint density at radius 2 is 1.89 bits per heavy atom. The van der Waals surface area contributed by atoms with E-state index in [-0.39, 0.29) is 22.0 Å². The second-order valence-corrected chi connectivity index (χ2v) is 7.55. The number of ether oxygens (including phenoxy) is 1. The number of nitriles is 1. The van der Waals surface area contributed by atoms with E-state index in [1.54, 1.807) is 0 Å². The lowest BCUT2D eigenvalue weighted by atomic mass is 10.2. The molecule has 0 fully saturated rings. The first-order valence-electron chi connectivity index (χ1n) is 8.64. The van der Waals surface area contributed by atoms with E-state index in [0.29, 0.717) is 6.54 Å². The second kappa shape index (κ2) is 9.71. The summed E-state index contributed by atoms with van der Waals surface area (Å²) in [5.74, 6) is -0.370. The van der Waals surface area contributed by atoms with Gasteiger partial charge in [-0.15, -0.1) is 0 Å². The van der Waals surface area contributed by atoms with Gasteiger partial charge in [0.05, 0.1) is 11.6 Å². The van der Waals surface area contributed by atoms with E-state index >= 15 is 0 Å². The van der Waals surface area contributed by atoms with Crippen LogP contribution in [0.4, 0.5) is 9.18 Å². The molecule has 2 N–H and O–H groups in total. The quantitative estimate of drug-likeness (QED) is 0.652. The molecule has 0 unspecified atom stereocenters. The van der Waals surface area contributed by atoms with E-state index in [1.807, 2.05) is 17.7 Å². The van der Waals surface area contributed by atoms with Gasteiger partial charge < -0.3 is 10.1 Å². The first-order valence-corrected chi connectivity index (χ1v) is 10.1. The normalized spacial score (nSPS) is 10.8. The largest absolute Gasteiger partial charge is 0.456 e. The molecule has 0 bridgehead atoms. The first kappa shape index (κ1) is 21.2. The predicted octanol–water partition coefficient (Wildman–Crippen LogP) is 3.67. The van der Waals surface area contributed by atoms with Gasteiger partial charge in [0.2, 0.25) is 0 Å². The van der Waals surface area contributed by atoms with Gasteiger partial charge in [-0.25, -0.2) is 22.3 Å². The van der Waals surface area contributed by atoms with Crippen LogP contribution in [0.25, 0.3) is 0 Å². The molecule has 28 heavy (non-hydrogen) atoms. The van der Waals surface area contributed by atoms with Crippen molar-refractivity contribution in [1.29, 1.82) is 5.26 Å². The van der Waals surface area contributed by atoms with Gasteiger partial charge in [-0.2, -0.15) is 5.26 Å². The zero-order chi connectivity index (χ0) is 20.6. The zero-order valence-electron chi connectivity index (χ0n) is 15.2. The molecule has 7 nitrogen and oxygen atoms in total. The van der Waals surface area contributed by atoms with Gasteiger partial charge in [-0.1, -0.05) is 19.8 Å². The average molecular weight is 405 g/mol. The number of halogens is 1. The third kappa shape index (κ3) is 5.96. The number of urea groups is 1. The number of nitrogens with one attached hydrogen (secondary N) is 2. The third-order valence-corrected chi connectivity index (χ3v) is 5.05. The van der Waals surface area contributed by atoms with Gasteiger partial charge in [0, 0.05) is 6.54 Å². The van der Waals surface area contributed by atoms with Crippen LogP contribution in [-0.2, 0) is 10.0 Å². The Bertz CT molecular complexity index is 970.